The monoisotopic (exact) mass is 162 g/mol. The van der Waals surface area contributed by atoms with Gasteiger partial charge in [0.1, 0.15) is 0 Å². The van der Waals surface area contributed by atoms with Crippen molar-refractivity contribution in [3.63, 3.8) is 0 Å². The maximum Gasteiger partial charge on any atom is 0.335 e. The summed E-state index contributed by atoms with van der Waals surface area (Å²) in [6.07, 6.45) is -0.778. The predicted octanol–water partition coefficient (Wildman–Crippen LogP) is -0.0170. The largest absolute Gasteiger partial charge is 0.479 e. The van der Waals surface area contributed by atoms with Crippen LogP contribution in [0.1, 0.15) is 26.7 Å². The Hall–Kier alpha value is -0.610. The van der Waals surface area contributed by atoms with Crippen LogP contribution >= 0.6 is 0 Å². The molecule has 0 amide bonds. The van der Waals surface area contributed by atoms with Crippen molar-refractivity contribution in [2.24, 2.45) is 0 Å². The Balaban J connectivity index is 4.16. The lowest BCUT2D eigenvalue weighted by Crippen LogP contribution is -2.44. The third-order valence-electron chi connectivity index (χ3n) is 1.58. The third kappa shape index (κ3) is 2.86. The normalized spacial score (nSPS) is 18.9. The molecule has 0 heterocycles. The number of carboxylic acids is 1. The van der Waals surface area contributed by atoms with Gasteiger partial charge in [-0.05, 0) is 13.3 Å². The van der Waals surface area contributed by atoms with Crippen LogP contribution in [0.5, 0.6) is 0 Å². The SMILES string of the molecule is CCCC(C)(O)C(O)C(=O)O. The molecule has 66 valence electrons. The summed E-state index contributed by atoms with van der Waals surface area (Å²) in [6.45, 7) is 3.12. The first-order valence-corrected chi connectivity index (χ1v) is 3.55. The minimum absolute atomic E-state index is 0.278. The van der Waals surface area contributed by atoms with Crippen molar-refractivity contribution in [2.45, 2.75) is 38.4 Å². The fourth-order valence-electron chi connectivity index (χ4n) is 0.909. The van der Waals surface area contributed by atoms with E-state index in [4.69, 9.17) is 10.2 Å². The highest BCUT2D eigenvalue weighted by Gasteiger charge is 2.34. The molecule has 0 fully saturated rings. The molecule has 11 heavy (non-hydrogen) atoms. The van der Waals surface area contributed by atoms with Crippen LogP contribution in [0.25, 0.3) is 0 Å². The second-order valence-electron chi connectivity index (χ2n) is 2.85. The molecule has 0 aromatic heterocycles. The summed E-state index contributed by atoms with van der Waals surface area (Å²) in [5.74, 6) is -1.39. The summed E-state index contributed by atoms with van der Waals surface area (Å²) < 4.78 is 0. The topological polar surface area (TPSA) is 77.8 Å². The van der Waals surface area contributed by atoms with Crippen LogP contribution in [0.2, 0.25) is 0 Å². The van der Waals surface area contributed by atoms with Gasteiger partial charge >= 0.3 is 5.97 Å². The van der Waals surface area contributed by atoms with Crippen LogP contribution in [0, 0.1) is 0 Å². The number of rotatable bonds is 4. The summed E-state index contributed by atoms with van der Waals surface area (Å²) in [5.41, 5.74) is -1.51. The quantitative estimate of drug-likeness (QED) is 0.543. The molecule has 0 aliphatic carbocycles. The van der Waals surface area contributed by atoms with Gasteiger partial charge in [0.05, 0.1) is 5.60 Å². The zero-order chi connectivity index (χ0) is 9.07. The van der Waals surface area contributed by atoms with Crippen molar-refractivity contribution in [3.05, 3.63) is 0 Å². The molecule has 4 heteroatoms. The van der Waals surface area contributed by atoms with Crippen LogP contribution in [-0.4, -0.2) is 33.0 Å². The van der Waals surface area contributed by atoms with Crippen molar-refractivity contribution in [3.8, 4) is 0 Å². The van der Waals surface area contributed by atoms with E-state index in [1.54, 1.807) is 0 Å². The van der Waals surface area contributed by atoms with Gasteiger partial charge in [0.25, 0.3) is 0 Å². The Kier molecular flexibility index (Phi) is 3.48. The van der Waals surface area contributed by atoms with E-state index in [2.05, 4.69) is 0 Å². The minimum atomic E-state index is -1.69. The van der Waals surface area contributed by atoms with Crippen molar-refractivity contribution >= 4 is 5.97 Å². The van der Waals surface area contributed by atoms with E-state index in [0.29, 0.717) is 6.42 Å². The molecule has 2 unspecified atom stereocenters. The standard InChI is InChI=1S/C7H14O4/c1-3-4-7(2,11)5(8)6(9)10/h5,8,11H,3-4H2,1-2H3,(H,9,10). The number of hydrogen-bond acceptors (Lipinski definition) is 3. The summed E-state index contributed by atoms with van der Waals surface area (Å²) in [5, 5.41) is 26.6. The average molecular weight is 162 g/mol. The van der Waals surface area contributed by atoms with Crippen molar-refractivity contribution in [1.29, 1.82) is 0 Å². The first-order valence-electron chi connectivity index (χ1n) is 3.55. The molecule has 0 aromatic carbocycles. The summed E-state index contributed by atoms with van der Waals surface area (Å²) in [7, 11) is 0. The summed E-state index contributed by atoms with van der Waals surface area (Å²) in [4.78, 5) is 10.2. The lowest BCUT2D eigenvalue weighted by Gasteiger charge is -2.25. The zero-order valence-corrected chi connectivity index (χ0v) is 6.74. The number of aliphatic carboxylic acids is 1. The van der Waals surface area contributed by atoms with Gasteiger partial charge < -0.3 is 15.3 Å². The zero-order valence-electron chi connectivity index (χ0n) is 6.74. The Bertz CT molecular complexity index is 141. The van der Waals surface area contributed by atoms with E-state index in [1.165, 1.54) is 6.92 Å². The van der Waals surface area contributed by atoms with Crippen LogP contribution in [0.15, 0.2) is 0 Å². The van der Waals surface area contributed by atoms with E-state index in [0.717, 1.165) is 0 Å². The van der Waals surface area contributed by atoms with E-state index >= 15 is 0 Å². The Morgan fingerprint density at radius 3 is 2.36 bits per heavy atom. The van der Waals surface area contributed by atoms with Crippen molar-refractivity contribution in [2.75, 3.05) is 0 Å². The van der Waals surface area contributed by atoms with Crippen molar-refractivity contribution < 1.29 is 20.1 Å². The van der Waals surface area contributed by atoms with Crippen molar-refractivity contribution in [1.82, 2.24) is 0 Å². The molecule has 0 aromatic rings. The van der Waals surface area contributed by atoms with Crippen LogP contribution < -0.4 is 0 Å². The van der Waals surface area contributed by atoms with Gasteiger partial charge in [-0.1, -0.05) is 13.3 Å². The summed E-state index contributed by atoms with van der Waals surface area (Å²) >= 11 is 0. The fraction of sp³-hybridized carbons (Fsp3) is 0.857. The molecule has 0 bridgehead atoms. The molecule has 2 atom stereocenters. The lowest BCUT2D eigenvalue weighted by atomic mass is 9.94. The smallest absolute Gasteiger partial charge is 0.335 e. The first kappa shape index (κ1) is 10.4. The molecule has 0 radical (unpaired) electrons. The van der Waals surface area contributed by atoms with Gasteiger partial charge in [0, 0.05) is 0 Å². The predicted molar refractivity (Wildman–Crippen MR) is 39.2 cm³/mol. The molecular weight excluding hydrogens is 148 g/mol. The second kappa shape index (κ2) is 3.69. The number of carboxylic acid groups (broad SMARTS) is 1. The number of carbonyl (C=O) groups is 1. The second-order valence-corrected chi connectivity index (χ2v) is 2.85. The van der Waals surface area contributed by atoms with E-state index in [9.17, 15) is 9.90 Å². The van der Waals surface area contributed by atoms with Gasteiger partial charge in [0.15, 0.2) is 6.10 Å². The number of aliphatic hydroxyl groups is 2. The van der Waals surface area contributed by atoms with Crippen LogP contribution in [-0.2, 0) is 4.79 Å². The van der Waals surface area contributed by atoms with Crippen LogP contribution in [0.3, 0.4) is 0 Å². The molecular formula is C7H14O4. The maximum atomic E-state index is 10.2. The molecule has 0 rings (SSSR count). The van der Waals surface area contributed by atoms with Gasteiger partial charge in [-0.2, -0.15) is 0 Å². The molecule has 0 aliphatic heterocycles. The number of aliphatic hydroxyl groups excluding tert-OH is 1. The summed E-state index contributed by atoms with van der Waals surface area (Å²) in [6, 6.07) is 0. The Morgan fingerprint density at radius 1 is 1.64 bits per heavy atom. The highest BCUT2D eigenvalue weighted by Crippen LogP contribution is 2.16. The van der Waals surface area contributed by atoms with E-state index in [-0.39, 0.29) is 6.42 Å². The Morgan fingerprint density at radius 2 is 2.09 bits per heavy atom. The third-order valence-corrected chi connectivity index (χ3v) is 1.58. The molecule has 4 nitrogen and oxygen atoms in total. The highest BCUT2D eigenvalue weighted by atomic mass is 16.4. The van der Waals surface area contributed by atoms with Gasteiger partial charge in [-0.3, -0.25) is 0 Å². The van der Waals surface area contributed by atoms with Crippen LogP contribution in [0.4, 0.5) is 0 Å². The van der Waals surface area contributed by atoms with Gasteiger partial charge in [0.2, 0.25) is 0 Å². The maximum absolute atomic E-state index is 10.2. The molecule has 0 saturated heterocycles. The first-order chi connectivity index (χ1) is 4.91. The van der Waals surface area contributed by atoms with E-state index in [1.807, 2.05) is 6.92 Å². The molecule has 0 saturated carbocycles. The minimum Gasteiger partial charge on any atom is -0.479 e. The molecule has 0 spiro atoms. The molecule has 3 N–H and O–H groups in total. The average Bonchev–Trinajstić information content (AvgIpc) is 1.86. The van der Waals surface area contributed by atoms with E-state index < -0.39 is 17.7 Å². The fourth-order valence-corrected chi connectivity index (χ4v) is 0.909. The number of hydrogen-bond donors (Lipinski definition) is 3. The Labute approximate surface area is 65.5 Å². The highest BCUT2D eigenvalue weighted by molar-refractivity contribution is 5.73. The lowest BCUT2D eigenvalue weighted by molar-refractivity contribution is -0.161. The van der Waals surface area contributed by atoms with Gasteiger partial charge in [-0.25, -0.2) is 4.79 Å². The van der Waals surface area contributed by atoms with Gasteiger partial charge in [-0.15, -0.1) is 0 Å². The molecule has 0 aliphatic rings.